The van der Waals surface area contributed by atoms with Gasteiger partial charge in [-0.3, -0.25) is 0 Å². The SMILES string of the molecule is Cc1ccc(C2=NN3[C@@H](c4ccc(C(F)(F)F)cc4)Oc4ccccc4[C@@H]3C2)cc1. The summed E-state index contributed by atoms with van der Waals surface area (Å²) >= 11 is 0. The van der Waals surface area contributed by atoms with E-state index in [0.29, 0.717) is 12.0 Å². The second-order valence-electron chi connectivity index (χ2n) is 7.64. The Balaban J connectivity index is 1.55. The second kappa shape index (κ2) is 6.90. The number of alkyl halides is 3. The molecule has 5 rings (SSSR count). The van der Waals surface area contributed by atoms with E-state index in [-0.39, 0.29) is 6.04 Å². The highest BCUT2D eigenvalue weighted by atomic mass is 19.4. The number of hydrogen-bond donors (Lipinski definition) is 0. The number of fused-ring (bicyclic) bond motifs is 3. The molecule has 0 unspecified atom stereocenters. The van der Waals surface area contributed by atoms with Crippen LogP contribution in [0.15, 0.2) is 77.9 Å². The van der Waals surface area contributed by atoms with Gasteiger partial charge in [-0.15, -0.1) is 0 Å². The highest BCUT2D eigenvalue weighted by molar-refractivity contribution is 6.02. The zero-order valence-corrected chi connectivity index (χ0v) is 16.2. The predicted molar refractivity (Wildman–Crippen MR) is 108 cm³/mol. The van der Waals surface area contributed by atoms with Gasteiger partial charge in [0.2, 0.25) is 6.23 Å². The predicted octanol–water partition coefficient (Wildman–Crippen LogP) is 6.26. The molecule has 152 valence electrons. The first-order valence-corrected chi connectivity index (χ1v) is 9.76. The molecule has 0 fully saturated rings. The molecule has 0 aromatic heterocycles. The first-order valence-electron chi connectivity index (χ1n) is 9.76. The Morgan fingerprint density at radius 1 is 0.933 bits per heavy atom. The fourth-order valence-electron chi connectivity index (χ4n) is 4.01. The third-order valence-corrected chi connectivity index (χ3v) is 5.61. The third-order valence-electron chi connectivity index (χ3n) is 5.61. The van der Waals surface area contributed by atoms with Crippen LogP contribution in [0, 0.1) is 6.92 Å². The van der Waals surface area contributed by atoms with Crippen molar-refractivity contribution in [2.75, 3.05) is 0 Å². The van der Waals surface area contributed by atoms with Crippen LogP contribution in [0.2, 0.25) is 0 Å². The lowest BCUT2D eigenvalue weighted by molar-refractivity contribution is -0.137. The number of aryl methyl sites for hydroxylation is 1. The molecule has 2 atom stereocenters. The Kier molecular flexibility index (Phi) is 4.31. The fourth-order valence-corrected chi connectivity index (χ4v) is 4.01. The van der Waals surface area contributed by atoms with Crippen LogP contribution in [-0.2, 0) is 6.18 Å². The van der Waals surface area contributed by atoms with Crippen LogP contribution in [0.5, 0.6) is 5.75 Å². The summed E-state index contributed by atoms with van der Waals surface area (Å²) in [5, 5.41) is 6.72. The zero-order valence-electron chi connectivity index (χ0n) is 16.2. The van der Waals surface area contributed by atoms with E-state index < -0.39 is 18.0 Å². The van der Waals surface area contributed by atoms with Crippen molar-refractivity contribution >= 4 is 5.71 Å². The molecule has 0 spiro atoms. The first-order chi connectivity index (χ1) is 14.4. The van der Waals surface area contributed by atoms with Crippen molar-refractivity contribution in [1.82, 2.24) is 5.01 Å². The van der Waals surface area contributed by atoms with Gasteiger partial charge in [0.1, 0.15) is 5.75 Å². The zero-order chi connectivity index (χ0) is 20.9. The smallest absolute Gasteiger partial charge is 0.416 e. The number of rotatable bonds is 2. The fraction of sp³-hybridized carbons (Fsp3) is 0.208. The number of hydrazone groups is 1. The van der Waals surface area contributed by atoms with E-state index in [9.17, 15) is 13.2 Å². The van der Waals surface area contributed by atoms with E-state index in [1.165, 1.54) is 17.7 Å². The number of nitrogens with zero attached hydrogens (tertiary/aromatic N) is 2. The molecule has 2 aliphatic heterocycles. The van der Waals surface area contributed by atoms with Crippen molar-refractivity contribution < 1.29 is 17.9 Å². The van der Waals surface area contributed by atoms with Gasteiger partial charge in [-0.2, -0.15) is 18.3 Å². The number of para-hydroxylation sites is 1. The summed E-state index contributed by atoms with van der Waals surface area (Å²) in [7, 11) is 0. The third kappa shape index (κ3) is 3.22. The molecule has 0 saturated heterocycles. The quantitative estimate of drug-likeness (QED) is 0.500. The summed E-state index contributed by atoms with van der Waals surface area (Å²) in [4.78, 5) is 0. The van der Waals surface area contributed by atoms with Crippen molar-refractivity contribution in [3.05, 3.63) is 101 Å². The molecule has 30 heavy (non-hydrogen) atoms. The maximum Gasteiger partial charge on any atom is 0.416 e. The van der Waals surface area contributed by atoms with Crippen molar-refractivity contribution in [2.45, 2.75) is 31.8 Å². The molecule has 2 aliphatic rings. The lowest BCUT2D eigenvalue weighted by Gasteiger charge is -2.38. The normalized spacial score (nSPS) is 20.3. The van der Waals surface area contributed by atoms with Gasteiger partial charge in [-0.25, -0.2) is 5.01 Å². The van der Waals surface area contributed by atoms with Crippen LogP contribution in [0.25, 0.3) is 0 Å². The molecule has 0 saturated carbocycles. The number of hydrogen-bond acceptors (Lipinski definition) is 3. The van der Waals surface area contributed by atoms with Crippen molar-refractivity contribution in [3.8, 4) is 5.75 Å². The van der Waals surface area contributed by atoms with Crippen LogP contribution in [-0.4, -0.2) is 10.7 Å². The minimum absolute atomic E-state index is 0.0291. The minimum atomic E-state index is -4.37. The van der Waals surface area contributed by atoms with Crippen LogP contribution in [0.1, 0.15) is 46.5 Å². The molecule has 3 aromatic carbocycles. The van der Waals surface area contributed by atoms with Crippen LogP contribution in [0.4, 0.5) is 13.2 Å². The summed E-state index contributed by atoms with van der Waals surface area (Å²) in [5.41, 5.74) is 4.15. The van der Waals surface area contributed by atoms with E-state index in [2.05, 4.69) is 0 Å². The minimum Gasteiger partial charge on any atom is -0.464 e. The van der Waals surface area contributed by atoms with Gasteiger partial charge >= 0.3 is 6.18 Å². The maximum atomic E-state index is 13.0. The molecule has 3 nitrogen and oxygen atoms in total. The summed E-state index contributed by atoms with van der Waals surface area (Å²) in [6, 6.07) is 21.1. The lowest BCUT2D eigenvalue weighted by Crippen LogP contribution is -2.33. The van der Waals surface area contributed by atoms with E-state index in [4.69, 9.17) is 9.84 Å². The van der Waals surface area contributed by atoms with E-state index in [1.54, 1.807) is 0 Å². The average molecular weight is 408 g/mol. The van der Waals surface area contributed by atoms with Gasteiger partial charge in [-0.1, -0.05) is 60.2 Å². The number of halogens is 3. The Morgan fingerprint density at radius 2 is 1.63 bits per heavy atom. The van der Waals surface area contributed by atoms with Crippen molar-refractivity contribution in [3.63, 3.8) is 0 Å². The van der Waals surface area contributed by atoms with E-state index in [0.717, 1.165) is 34.7 Å². The molecule has 0 amide bonds. The van der Waals surface area contributed by atoms with Gasteiger partial charge in [0, 0.05) is 17.5 Å². The number of ether oxygens (including phenoxy) is 1. The lowest BCUT2D eigenvalue weighted by atomic mass is 9.95. The van der Waals surface area contributed by atoms with E-state index in [1.807, 2.05) is 60.5 Å². The Morgan fingerprint density at radius 3 is 2.33 bits per heavy atom. The van der Waals surface area contributed by atoms with Crippen molar-refractivity contribution in [1.29, 1.82) is 0 Å². The summed E-state index contributed by atoms with van der Waals surface area (Å²) in [6.45, 7) is 2.04. The van der Waals surface area contributed by atoms with Crippen LogP contribution >= 0.6 is 0 Å². The molecule has 0 aliphatic carbocycles. The highest BCUT2D eigenvalue weighted by Crippen LogP contribution is 2.47. The van der Waals surface area contributed by atoms with Gasteiger partial charge in [0.05, 0.1) is 17.3 Å². The maximum absolute atomic E-state index is 13.0. The summed E-state index contributed by atoms with van der Waals surface area (Å²) < 4.78 is 45.1. The molecule has 0 N–H and O–H groups in total. The molecule has 6 heteroatoms. The van der Waals surface area contributed by atoms with Crippen LogP contribution in [0.3, 0.4) is 0 Å². The highest BCUT2D eigenvalue weighted by Gasteiger charge is 2.41. The Labute approximate surface area is 172 Å². The molecule has 3 aromatic rings. The van der Waals surface area contributed by atoms with Gasteiger partial charge in [-0.05, 0) is 30.7 Å². The van der Waals surface area contributed by atoms with Gasteiger partial charge in [0.25, 0.3) is 0 Å². The standard InChI is InChI=1S/C24H19F3N2O/c1-15-6-8-16(9-7-15)20-14-21-19-4-2-3-5-22(19)30-23(29(21)28-20)17-10-12-18(13-11-17)24(25,26)27/h2-13,21,23H,14H2,1H3/t21-,23+/m0/s1. The Hall–Kier alpha value is -3.28. The molecule has 0 radical (unpaired) electrons. The van der Waals surface area contributed by atoms with Crippen molar-refractivity contribution in [2.24, 2.45) is 5.10 Å². The molecular weight excluding hydrogens is 389 g/mol. The van der Waals surface area contributed by atoms with E-state index >= 15 is 0 Å². The van der Waals surface area contributed by atoms with Crippen LogP contribution < -0.4 is 4.74 Å². The molecule has 2 heterocycles. The topological polar surface area (TPSA) is 24.8 Å². The molecular formula is C24H19F3N2O. The van der Waals surface area contributed by atoms with Gasteiger partial charge in [0.15, 0.2) is 0 Å². The first kappa shape index (κ1) is 18.7. The monoisotopic (exact) mass is 408 g/mol. The van der Waals surface area contributed by atoms with Gasteiger partial charge < -0.3 is 4.74 Å². The number of benzene rings is 3. The largest absolute Gasteiger partial charge is 0.464 e. The molecule has 0 bridgehead atoms. The average Bonchev–Trinajstić information content (AvgIpc) is 3.19. The summed E-state index contributed by atoms with van der Waals surface area (Å²) in [5.74, 6) is 0.740. The summed E-state index contributed by atoms with van der Waals surface area (Å²) in [6.07, 6.45) is -4.25. The Bertz CT molecular complexity index is 1100. The second-order valence-corrected chi connectivity index (χ2v) is 7.64.